The van der Waals surface area contributed by atoms with E-state index in [0.717, 1.165) is 27.8 Å². The molecule has 26 heavy (non-hydrogen) atoms. The first-order valence-corrected chi connectivity index (χ1v) is 9.21. The van der Waals surface area contributed by atoms with Crippen LogP contribution >= 0.6 is 11.3 Å². The molecule has 132 valence electrons. The summed E-state index contributed by atoms with van der Waals surface area (Å²) in [5, 5.41) is 7.65. The van der Waals surface area contributed by atoms with E-state index in [1.807, 2.05) is 35.2 Å². The highest BCUT2D eigenvalue weighted by atomic mass is 32.1. The summed E-state index contributed by atoms with van der Waals surface area (Å²) in [4.78, 5) is 16.3. The number of imidazole rings is 1. The van der Waals surface area contributed by atoms with Gasteiger partial charge in [-0.3, -0.25) is 0 Å². The van der Waals surface area contributed by atoms with Gasteiger partial charge in [-0.15, -0.1) is 16.4 Å². The normalized spacial score (nSPS) is 12.4. The molecule has 7 nitrogen and oxygen atoms in total. The minimum absolute atomic E-state index is 0.292. The molecule has 0 radical (unpaired) electrons. The minimum atomic E-state index is -0.292. The lowest BCUT2D eigenvalue weighted by atomic mass is 10.1. The molecule has 3 N–H and O–H groups in total. The average Bonchev–Trinajstić information content (AvgIpc) is 3.37. The van der Waals surface area contributed by atoms with Crippen molar-refractivity contribution < 1.29 is 0 Å². The number of nitrogens with two attached hydrogens (primary N) is 1. The lowest BCUT2D eigenvalue weighted by Gasteiger charge is -2.12. The Bertz CT molecular complexity index is 972. The first-order valence-electron chi connectivity index (χ1n) is 8.33. The molecule has 8 heteroatoms. The number of aromatic amines is 1. The molecule has 0 amide bonds. The second-order valence-corrected chi connectivity index (χ2v) is 7.14. The molecule has 0 fully saturated rings. The zero-order valence-electron chi connectivity index (χ0n) is 14.3. The Morgan fingerprint density at radius 3 is 2.77 bits per heavy atom. The van der Waals surface area contributed by atoms with Crippen LogP contribution < -0.4 is 5.73 Å². The van der Waals surface area contributed by atoms with Crippen LogP contribution in [0.25, 0.3) is 11.5 Å². The van der Waals surface area contributed by atoms with Gasteiger partial charge >= 0.3 is 0 Å². The van der Waals surface area contributed by atoms with Crippen molar-refractivity contribution in [3.05, 3.63) is 70.3 Å². The van der Waals surface area contributed by atoms with Crippen molar-refractivity contribution in [3.63, 3.8) is 0 Å². The maximum atomic E-state index is 6.45. The molecule has 0 aliphatic carbocycles. The molecule has 4 aromatic rings. The first kappa shape index (κ1) is 16.6. The standard InChI is InChI=1S/C18H19N7S/c1-12-22-16(10-26-12)17-23-18(15(19)7-14-8-20-11-21-14)25(24-17)9-13-5-3-2-4-6-13/h2-6,8,10-11,15H,7,9,19H2,1H3,(H,20,21)/t15-/m0/s1. The van der Waals surface area contributed by atoms with Crippen LogP contribution in [-0.4, -0.2) is 29.7 Å². The van der Waals surface area contributed by atoms with Gasteiger partial charge in [-0.1, -0.05) is 30.3 Å². The molecule has 0 saturated carbocycles. The molecule has 0 spiro atoms. The van der Waals surface area contributed by atoms with Crippen LogP contribution in [0.5, 0.6) is 0 Å². The third kappa shape index (κ3) is 3.56. The number of rotatable bonds is 6. The van der Waals surface area contributed by atoms with Crippen molar-refractivity contribution in [2.45, 2.75) is 25.9 Å². The molecule has 3 aromatic heterocycles. The Morgan fingerprint density at radius 2 is 2.08 bits per heavy atom. The number of benzene rings is 1. The summed E-state index contributed by atoms with van der Waals surface area (Å²) in [6, 6.07) is 9.87. The minimum Gasteiger partial charge on any atom is -0.348 e. The summed E-state index contributed by atoms with van der Waals surface area (Å²) in [6.07, 6.45) is 4.05. The number of aromatic nitrogens is 6. The number of nitrogens with zero attached hydrogens (tertiary/aromatic N) is 5. The van der Waals surface area contributed by atoms with Gasteiger partial charge in [0.25, 0.3) is 0 Å². The predicted molar refractivity (Wildman–Crippen MR) is 101 cm³/mol. The summed E-state index contributed by atoms with van der Waals surface area (Å²) in [7, 11) is 0. The fourth-order valence-corrected chi connectivity index (χ4v) is 3.39. The van der Waals surface area contributed by atoms with Crippen molar-refractivity contribution in [2.75, 3.05) is 0 Å². The van der Waals surface area contributed by atoms with E-state index < -0.39 is 0 Å². The van der Waals surface area contributed by atoms with Crippen LogP contribution in [0.3, 0.4) is 0 Å². The second kappa shape index (κ2) is 7.19. The number of nitrogens with one attached hydrogen (secondary N) is 1. The van der Waals surface area contributed by atoms with Gasteiger partial charge in [0, 0.05) is 23.7 Å². The van der Waals surface area contributed by atoms with Gasteiger partial charge in [-0.2, -0.15) is 0 Å². The van der Waals surface area contributed by atoms with E-state index in [1.54, 1.807) is 23.9 Å². The van der Waals surface area contributed by atoms with Gasteiger partial charge < -0.3 is 10.7 Å². The fraction of sp³-hybridized carbons (Fsp3) is 0.222. The topological polar surface area (TPSA) is 98.3 Å². The molecule has 0 aliphatic rings. The van der Waals surface area contributed by atoms with E-state index in [0.29, 0.717) is 18.8 Å². The summed E-state index contributed by atoms with van der Waals surface area (Å²) in [6.45, 7) is 2.59. The number of hydrogen-bond donors (Lipinski definition) is 2. The molecule has 0 unspecified atom stereocenters. The van der Waals surface area contributed by atoms with Crippen molar-refractivity contribution in [2.24, 2.45) is 5.73 Å². The Hall–Kier alpha value is -2.84. The Morgan fingerprint density at radius 1 is 1.23 bits per heavy atom. The highest BCUT2D eigenvalue weighted by Crippen LogP contribution is 2.22. The smallest absolute Gasteiger partial charge is 0.200 e. The van der Waals surface area contributed by atoms with Gasteiger partial charge in [0.05, 0.1) is 23.9 Å². The van der Waals surface area contributed by atoms with Crippen LogP contribution in [0.2, 0.25) is 0 Å². The molecule has 0 aliphatic heterocycles. The van der Waals surface area contributed by atoms with Crippen molar-refractivity contribution in [1.82, 2.24) is 29.7 Å². The third-order valence-corrected chi connectivity index (χ3v) is 4.82. The monoisotopic (exact) mass is 365 g/mol. The summed E-state index contributed by atoms with van der Waals surface area (Å²) >= 11 is 1.59. The predicted octanol–water partition coefficient (Wildman–Crippen LogP) is 2.72. The van der Waals surface area contributed by atoms with Crippen molar-refractivity contribution in [3.8, 4) is 11.5 Å². The molecular weight excluding hydrogens is 346 g/mol. The lowest BCUT2D eigenvalue weighted by molar-refractivity contribution is 0.567. The quantitative estimate of drug-likeness (QED) is 0.547. The van der Waals surface area contributed by atoms with Crippen LogP contribution in [0, 0.1) is 6.92 Å². The van der Waals surface area contributed by atoms with Crippen LogP contribution in [-0.2, 0) is 13.0 Å². The lowest BCUT2D eigenvalue weighted by Crippen LogP contribution is -2.20. The van der Waals surface area contributed by atoms with E-state index in [2.05, 4.69) is 32.2 Å². The maximum absolute atomic E-state index is 6.45. The van der Waals surface area contributed by atoms with Gasteiger partial charge in [0.1, 0.15) is 11.5 Å². The Labute approximate surface area is 155 Å². The number of aryl methyl sites for hydroxylation is 1. The molecule has 1 atom stereocenters. The highest BCUT2D eigenvalue weighted by Gasteiger charge is 2.20. The second-order valence-electron chi connectivity index (χ2n) is 6.08. The zero-order valence-corrected chi connectivity index (χ0v) is 15.1. The van der Waals surface area contributed by atoms with Crippen molar-refractivity contribution in [1.29, 1.82) is 0 Å². The van der Waals surface area contributed by atoms with Gasteiger partial charge in [-0.25, -0.2) is 19.6 Å². The van der Waals surface area contributed by atoms with E-state index >= 15 is 0 Å². The molecule has 4 rings (SSSR count). The van der Waals surface area contributed by atoms with E-state index in [4.69, 9.17) is 10.7 Å². The number of thiazole rings is 1. The fourth-order valence-electron chi connectivity index (χ4n) is 2.80. The van der Waals surface area contributed by atoms with Crippen LogP contribution in [0.1, 0.15) is 28.1 Å². The first-order chi connectivity index (χ1) is 12.7. The maximum Gasteiger partial charge on any atom is 0.200 e. The van der Waals surface area contributed by atoms with Crippen molar-refractivity contribution >= 4 is 11.3 Å². The highest BCUT2D eigenvalue weighted by molar-refractivity contribution is 7.09. The van der Waals surface area contributed by atoms with Crippen LogP contribution in [0.4, 0.5) is 0 Å². The van der Waals surface area contributed by atoms with Gasteiger partial charge in [0.2, 0.25) is 5.82 Å². The molecule has 0 saturated heterocycles. The molecule has 3 heterocycles. The molecular formula is C18H19N7S. The Kier molecular flexibility index (Phi) is 4.59. The Balaban J connectivity index is 1.68. The van der Waals surface area contributed by atoms with Crippen LogP contribution in [0.15, 0.2) is 48.2 Å². The van der Waals surface area contributed by atoms with Gasteiger partial charge in [0.15, 0.2) is 0 Å². The SMILES string of the molecule is Cc1nc(-c2nc([C@@H](N)Cc3cnc[nH]3)n(Cc3ccccc3)n2)cs1. The van der Waals surface area contributed by atoms with Gasteiger partial charge in [-0.05, 0) is 12.5 Å². The molecule has 1 aromatic carbocycles. The number of H-pyrrole nitrogens is 1. The zero-order chi connectivity index (χ0) is 17.9. The number of hydrogen-bond acceptors (Lipinski definition) is 6. The summed E-state index contributed by atoms with van der Waals surface area (Å²) in [5.41, 5.74) is 9.35. The third-order valence-electron chi connectivity index (χ3n) is 4.05. The summed E-state index contributed by atoms with van der Waals surface area (Å²) in [5.74, 6) is 1.35. The van der Waals surface area contributed by atoms with E-state index in [1.165, 1.54) is 0 Å². The average molecular weight is 365 g/mol. The largest absolute Gasteiger partial charge is 0.348 e. The van der Waals surface area contributed by atoms with E-state index in [-0.39, 0.29) is 6.04 Å². The van der Waals surface area contributed by atoms with E-state index in [9.17, 15) is 0 Å². The molecule has 0 bridgehead atoms. The summed E-state index contributed by atoms with van der Waals surface area (Å²) < 4.78 is 1.88.